The second-order valence-corrected chi connectivity index (χ2v) is 13.6. The Bertz CT molecular complexity index is 1730. The smallest absolute Gasteiger partial charge is 0.193 e. The predicted octanol–water partition coefficient (Wildman–Crippen LogP) is 6.41. The van der Waals surface area contributed by atoms with Gasteiger partial charge >= 0.3 is 0 Å². The van der Waals surface area contributed by atoms with Gasteiger partial charge in [-0.25, -0.2) is 4.39 Å². The molecular formula is C37H45FN6O. The first kappa shape index (κ1) is 30.1. The first-order valence-corrected chi connectivity index (χ1v) is 16.7. The van der Waals surface area contributed by atoms with Gasteiger partial charge in [0.2, 0.25) is 0 Å². The molecule has 3 aromatic heterocycles. The van der Waals surface area contributed by atoms with Gasteiger partial charge in [-0.15, -0.1) is 0 Å². The Hall–Kier alpha value is -3.62. The Morgan fingerprint density at radius 3 is 2.60 bits per heavy atom. The van der Waals surface area contributed by atoms with Gasteiger partial charge < -0.3 is 14.8 Å². The summed E-state index contributed by atoms with van der Waals surface area (Å²) >= 11 is 0. The van der Waals surface area contributed by atoms with Gasteiger partial charge in [-0.05, 0) is 119 Å². The minimum Gasteiger partial charge on any atom is -0.369 e. The first-order chi connectivity index (χ1) is 21.9. The summed E-state index contributed by atoms with van der Waals surface area (Å²) in [6.45, 7) is 7.13. The number of halogens is 1. The number of piperidine rings is 1. The van der Waals surface area contributed by atoms with E-state index in [2.05, 4.69) is 60.1 Å². The first-order valence-electron chi connectivity index (χ1n) is 16.7. The molecule has 3 atom stereocenters. The van der Waals surface area contributed by atoms with Crippen molar-refractivity contribution in [1.29, 1.82) is 0 Å². The van der Waals surface area contributed by atoms with Crippen molar-refractivity contribution in [3.05, 3.63) is 99.1 Å². The van der Waals surface area contributed by atoms with E-state index in [4.69, 9.17) is 0 Å². The van der Waals surface area contributed by atoms with Crippen LogP contribution in [-0.4, -0.2) is 51.7 Å². The van der Waals surface area contributed by atoms with Crippen molar-refractivity contribution >= 4 is 16.6 Å². The highest BCUT2D eigenvalue weighted by molar-refractivity contribution is 5.81. The maximum absolute atomic E-state index is 15.8. The molecule has 236 valence electrons. The monoisotopic (exact) mass is 608 g/mol. The number of hydrogen-bond acceptors (Lipinski definition) is 6. The molecule has 7 nitrogen and oxygen atoms in total. The number of hydrogen-bond donors (Lipinski definition) is 1. The minimum atomic E-state index is -0.236. The zero-order valence-electron chi connectivity index (χ0n) is 26.8. The number of rotatable bonds is 9. The van der Waals surface area contributed by atoms with Gasteiger partial charge in [0.25, 0.3) is 0 Å². The number of pyridine rings is 3. The molecule has 2 unspecified atom stereocenters. The van der Waals surface area contributed by atoms with E-state index in [0.717, 1.165) is 98.3 Å². The zero-order valence-corrected chi connectivity index (χ0v) is 26.8. The maximum Gasteiger partial charge on any atom is 0.193 e. The molecule has 45 heavy (non-hydrogen) atoms. The third kappa shape index (κ3) is 6.40. The molecular weight excluding hydrogens is 563 g/mol. The van der Waals surface area contributed by atoms with Crippen LogP contribution >= 0.6 is 0 Å². The van der Waals surface area contributed by atoms with Crippen LogP contribution in [-0.2, 0) is 13.1 Å². The van der Waals surface area contributed by atoms with Crippen LogP contribution in [0.4, 0.5) is 10.1 Å². The van der Waals surface area contributed by atoms with Crippen molar-refractivity contribution in [2.24, 2.45) is 0 Å². The molecule has 3 aliphatic rings. The summed E-state index contributed by atoms with van der Waals surface area (Å²) < 4.78 is 18.1. The van der Waals surface area contributed by atoms with Gasteiger partial charge in [0.05, 0.1) is 17.4 Å². The van der Waals surface area contributed by atoms with Gasteiger partial charge in [0.1, 0.15) is 5.82 Å². The van der Waals surface area contributed by atoms with Crippen molar-refractivity contribution < 1.29 is 4.39 Å². The zero-order chi connectivity index (χ0) is 31.1. The van der Waals surface area contributed by atoms with E-state index < -0.39 is 0 Å². The highest BCUT2D eigenvalue weighted by atomic mass is 19.1. The molecule has 8 heteroatoms. The van der Waals surface area contributed by atoms with E-state index in [-0.39, 0.29) is 23.2 Å². The highest BCUT2D eigenvalue weighted by Crippen LogP contribution is 2.40. The second kappa shape index (κ2) is 12.6. The molecule has 4 heterocycles. The standard InChI is InChI=1S/C37H45FN6O/c1-24-6-9-31(19-41-24)42-14-4-5-32(23-42)43(20-26-12-13-40-25(2)15-26)21-28-22-44(30-10-11-30)36-18-33(27-7-8-29(16-27)39-3)35(38)17-34(36)37(28)45/h6,9,12-13,15,17-19,22,27,29-30,32,39H,4-5,7-8,10-11,14,16,20-21,23H2,1-3H3/t27?,29?,32-/m0/s1. The van der Waals surface area contributed by atoms with Gasteiger partial charge in [-0.2, -0.15) is 0 Å². The SMILES string of the molecule is CNC1CCC(c2cc3c(cc2F)c(=O)c(CN(Cc2ccnc(C)c2)[C@H]2CCCN(c4ccc(C)nc4)C2)cn3C2CC2)C1. The Labute approximate surface area is 265 Å². The summed E-state index contributed by atoms with van der Waals surface area (Å²) in [5.74, 6) is -0.0498. The Kier molecular flexibility index (Phi) is 8.44. The third-order valence-corrected chi connectivity index (χ3v) is 10.3. The summed E-state index contributed by atoms with van der Waals surface area (Å²) in [6.07, 6.45) is 13.2. The van der Waals surface area contributed by atoms with Crippen LogP contribution in [0.2, 0.25) is 0 Å². The number of benzene rings is 1. The summed E-state index contributed by atoms with van der Waals surface area (Å²) in [6, 6.07) is 13.0. The fraction of sp³-hybridized carbons (Fsp3) is 0.486. The molecule has 0 radical (unpaired) electrons. The van der Waals surface area contributed by atoms with Crippen molar-refractivity contribution in [3.8, 4) is 0 Å². The summed E-state index contributed by atoms with van der Waals surface area (Å²) in [5, 5.41) is 3.88. The van der Waals surface area contributed by atoms with Gasteiger partial charge in [-0.1, -0.05) is 0 Å². The quantitative estimate of drug-likeness (QED) is 0.237. The van der Waals surface area contributed by atoms with E-state index in [0.29, 0.717) is 24.0 Å². The fourth-order valence-electron chi connectivity index (χ4n) is 7.65. The van der Waals surface area contributed by atoms with Gasteiger partial charge in [-0.3, -0.25) is 19.7 Å². The Morgan fingerprint density at radius 2 is 1.87 bits per heavy atom. The van der Waals surface area contributed by atoms with Crippen LogP contribution in [0.1, 0.15) is 85.0 Å². The van der Waals surface area contributed by atoms with Gasteiger partial charge in [0.15, 0.2) is 5.43 Å². The number of aryl methyl sites for hydroxylation is 2. The van der Waals surface area contributed by atoms with Crippen molar-refractivity contribution in [2.75, 3.05) is 25.0 Å². The van der Waals surface area contributed by atoms with Crippen LogP contribution in [0.5, 0.6) is 0 Å². The average molecular weight is 609 g/mol. The molecule has 2 saturated carbocycles. The summed E-state index contributed by atoms with van der Waals surface area (Å²) in [5.41, 5.74) is 6.69. The molecule has 3 fully saturated rings. The highest BCUT2D eigenvalue weighted by Gasteiger charge is 2.31. The average Bonchev–Trinajstić information content (AvgIpc) is 3.78. The number of anilines is 1. The lowest BCUT2D eigenvalue weighted by molar-refractivity contribution is 0.158. The Morgan fingerprint density at radius 1 is 1.00 bits per heavy atom. The molecule has 1 aromatic carbocycles. The lowest BCUT2D eigenvalue weighted by Crippen LogP contribution is -2.48. The molecule has 2 aliphatic carbocycles. The lowest BCUT2D eigenvalue weighted by Gasteiger charge is -2.40. The largest absolute Gasteiger partial charge is 0.369 e. The number of fused-ring (bicyclic) bond motifs is 1. The normalized spacial score (nSPS) is 22.1. The van der Waals surface area contributed by atoms with Crippen molar-refractivity contribution in [3.63, 3.8) is 0 Å². The fourth-order valence-corrected chi connectivity index (χ4v) is 7.65. The van der Waals surface area contributed by atoms with Gasteiger partial charge in [0, 0.05) is 79.0 Å². The molecule has 0 amide bonds. The van der Waals surface area contributed by atoms with Crippen LogP contribution in [0.3, 0.4) is 0 Å². The number of nitrogens with zero attached hydrogens (tertiary/aromatic N) is 5. The molecule has 1 saturated heterocycles. The van der Waals surface area contributed by atoms with E-state index in [1.54, 1.807) is 6.07 Å². The second-order valence-electron chi connectivity index (χ2n) is 13.6. The van der Waals surface area contributed by atoms with E-state index >= 15 is 4.39 Å². The van der Waals surface area contributed by atoms with Crippen molar-refractivity contribution in [2.45, 2.75) is 95.9 Å². The number of aromatic nitrogens is 3. The Balaban J connectivity index is 1.24. The molecule has 4 aromatic rings. The summed E-state index contributed by atoms with van der Waals surface area (Å²) in [4.78, 5) is 28.1. The maximum atomic E-state index is 15.8. The van der Waals surface area contributed by atoms with E-state index in [9.17, 15) is 4.79 Å². The van der Waals surface area contributed by atoms with Crippen LogP contribution in [0.15, 0.2) is 59.8 Å². The van der Waals surface area contributed by atoms with Crippen LogP contribution in [0, 0.1) is 19.7 Å². The number of nitrogens with one attached hydrogen (secondary N) is 1. The van der Waals surface area contributed by atoms with E-state index in [1.807, 2.05) is 39.4 Å². The lowest BCUT2D eigenvalue weighted by atomic mass is 9.94. The third-order valence-electron chi connectivity index (χ3n) is 10.3. The van der Waals surface area contributed by atoms with Crippen molar-refractivity contribution in [1.82, 2.24) is 24.8 Å². The molecule has 0 spiro atoms. The van der Waals surface area contributed by atoms with Crippen LogP contribution < -0.4 is 15.6 Å². The minimum absolute atomic E-state index is 0.0433. The summed E-state index contributed by atoms with van der Waals surface area (Å²) in [7, 11) is 1.99. The van der Waals surface area contributed by atoms with E-state index in [1.165, 1.54) is 5.56 Å². The topological polar surface area (TPSA) is 66.3 Å². The molecule has 7 rings (SSSR count). The molecule has 1 aliphatic heterocycles. The predicted molar refractivity (Wildman–Crippen MR) is 178 cm³/mol. The molecule has 0 bridgehead atoms. The van der Waals surface area contributed by atoms with Crippen LogP contribution in [0.25, 0.3) is 10.9 Å². The molecule has 1 N–H and O–H groups in total.